The highest BCUT2D eigenvalue weighted by Gasteiger charge is 2.53. The van der Waals surface area contributed by atoms with Crippen LogP contribution in [0.25, 0.3) is 0 Å². The van der Waals surface area contributed by atoms with Gasteiger partial charge in [0.15, 0.2) is 5.78 Å². The molecule has 0 spiro atoms. The molecular weight excluding hydrogens is 432 g/mol. The molecule has 2 rings (SSSR count). The summed E-state index contributed by atoms with van der Waals surface area (Å²) in [5.41, 5.74) is 12.3. The number of ketones is 1. The van der Waals surface area contributed by atoms with Gasteiger partial charge in [0, 0.05) is 19.2 Å². The average Bonchev–Trinajstić information content (AvgIpc) is 2.95. The van der Waals surface area contributed by atoms with E-state index < -0.39 is 18.1 Å². The lowest BCUT2D eigenvalue weighted by Crippen LogP contribution is -2.56. The van der Waals surface area contributed by atoms with Gasteiger partial charge in [-0.25, -0.2) is 5.53 Å². The Bertz CT molecular complexity index is 744. The maximum atomic E-state index is 13.4. The molecule has 0 aliphatic carbocycles. The molecule has 0 aromatic rings. The minimum atomic E-state index is -0.626. The Balaban J connectivity index is 2.05. The second-order valence-corrected chi connectivity index (χ2v) is 10.2. The Morgan fingerprint density at radius 2 is 2.19 bits per heavy atom. The lowest BCUT2D eigenvalue weighted by atomic mass is 9.81. The van der Waals surface area contributed by atoms with E-state index in [-0.39, 0.29) is 41.4 Å². The monoisotopic (exact) mass is 468 g/mol. The molecule has 10 nitrogen and oxygen atoms in total. The Morgan fingerprint density at radius 3 is 2.81 bits per heavy atom. The van der Waals surface area contributed by atoms with Crippen LogP contribution in [0.15, 0.2) is 17.0 Å². The van der Waals surface area contributed by atoms with Crippen LogP contribution in [0.1, 0.15) is 46.5 Å². The van der Waals surface area contributed by atoms with Crippen molar-refractivity contribution in [2.24, 2.45) is 16.3 Å². The Kier molecular flexibility index (Phi) is 9.65. The summed E-state index contributed by atoms with van der Waals surface area (Å²) in [5, 5.41) is 8.92. The summed E-state index contributed by atoms with van der Waals surface area (Å²) in [7, 11) is 1.70. The van der Waals surface area contributed by atoms with Crippen LogP contribution in [0, 0.1) is 10.9 Å². The van der Waals surface area contributed by atoms with Crippen LogP contribution in [0.5, 0.6) is 0 Å². The minimum absolute atomic E-state index is 0.00499. The van der Waals surface area contributed by atoms with Crippen LogP contribution in [0.3, 0.4) is 0 Å². The second kappa shape index (κ2) is 11.8. The quantitative estimate of drug-likeness (QED) is 0.264. The number of hydrogen-bond donors (Lipinski definition) is 4. The van der Waals surface area contributed by atoms with Gasteiger partial charge in [0.2, 0.25) is 11.8 Å². The van der Waals surface area contributed by atoms with Gasteiger partial charge in [0.1, 0.15) is 11.7 Å². The van der Waals surface area contributed by atoms with Gasteiger partial charge in [0.05, 0.1) is 24.1 Å². The van der Waals surface area contributed by atoms with E-state index in [1.807, 2.05) is 13.8 Å². The number of nitrogens with one attached hydrogen (secondary N) is 3. The van der Waals surface area contributed by atoms with Crippen molar-refractivity contribution in [2.75, 3.05) is 26.0 Å². The maximum absolute atomic E-state index is 13.4. The number of nitrogens with zero attached hydrogens (tertiary/aromatic N) is 2. The van der Waals surface area contributed by atoms with Crippen LogP contribution in [-0.4, -0.2) is 72.0 Å². The zero-order chi connectivity index (χ0) is 23.9. The Hall–Kier alpha value is -1.98. The van der Waals surface area contributed by atoms with Crippen molar-refractivity contribution in [1.29, 1.82) is 5.53 Å². The first-order chi connectivity index (χ1) is 15.2. The maximum Gasteiger partial charge on any atom is 0.246 e. The number of Topliss-reactive ketones (excluding diaryl/α,β-unsaturated/α-hetero) is 1. The number of fused-ring (bicyclic) bond motifs is 1. The lowest BCUT2D eigenvalue weighted by Gasteiger charge is -2.34. The fourth-order valence-electron chi connectivity index (χ4n) is 4.17. The van der Waals surface area contributed by atoms with Crippen LogP contribution in [0.2, 0.25) is 0 Å². The molecule has 2 saturated heterocycles. The Labute approximate surface area is 193 Å². The van der Waals surface area contributed by atoms with Crippen molar-refractivity contribution in [3.63, 3.8) is 0 Å². The number of carbonyl (C=O) groups is 3. The number of likely N-dealkylation sites (N-methyl/N-ethyl adjacent to an activating group) is 1. The summed E-state index contributed by atoms with van der Waals surface area (Å²) in [6.45, 7) is 6.25. The van der Waals surface area contributed by atoms with Crippen molar-refractivity contribution in [2.45, 2.75) is 70.0 Å². The van der Waals surface area contributed by atoms with Gasteiger partial charge in [-0.1, -0.05) is 13.8 Å². The number of thioether (sulfide) groups is 1. The molecule has 180 valence electrons. The van der Waals surface area contributed by atoms with Crippen LogP contribution in [0.4, 0.5) is 0 Å². The van der Waals surface area contributed by atoms with Gasteiger partial charge in [-0.3, -0.25) is 14.4 Å². The highest BCUT2D eigenvalue weighted by atomic mass is 32.2. The molecular formula is C21H36N6O4S. The average molecular weight is 469 g/mol. The molecule has 5 N–H and O–H groups in total. The molecule has 0 radical (unpaired) electrons. The molecule has 0 bridgehead atoms. The molecule has 11 heteroatoms. The molecule has 0 aromatic carbocycles. The topological polar surface area (TPSA) is 150 Å². The first kappa shape index (κ1) is 26.3. The molecule has 32 heavy (non-hydrogen) atoms. The van der Waals surface area contributed by atoms with E-state index in [1.54, 1.807) is 30.6 Å². The SMILES string of the molecule is CN[C@@H](C)C(=O)N[C@H]1CCS[C@H]2CC(C)(C)[C@@H](C(=O)CCCOC/C(=C/N)N=N)N2C1=O. The first-order valence-corrected chi connectivity index (χ1v) is 12.0. The van der Waals surface area contributed by atoms with Crippen molar-refractivity contribution in [3.8, 4) is 0 Å². The lowest BCUT2D eigenvalue weighted by molar-refractivity contribution is -0.143. The van der Waals surface area contributed by atoms with E-state index >= 15 is 0 Å². The molecule has 0 unspecified atom stereocenters. The smallest absolute Gasteiger partial charge is 0.246 e. The fraction of sp³-hybridized carbons (Fsp3) is 0.762. The second-order valence-electron chi connectivity index (χ2n) is 8.92. The van der Waals surface area contributed by atoms with E-state index in [4.69, 9.17) is 16.0 Å². The van der Waals surface area contributed by atoms with Crippen molar-refractivity contribution in [3.05, 3.63) is 11.9 Å². The first-order valence-electron chi connectivity index (χ1n) is 11.0. The standard InChI is InChI=1S/C21H36N6O4S/c1-13(24-4)19(29)25-15-7-9-32-17-10-21(2,3)18(27(17)20(15)30)16(28)6-5-8-31-12-14(11-22)26-23/h11,13,15,17-18,23-24H,5-10,12,22H2,1-4H3,(H,25,29)/b14-11-,26-23?/t13-,15-,17-,18+/m0/s1. The third-order valence-corrected chi connectivity index (χ3v) is 7.29. The molecule has 2 amide bonds. The van der Waals surface area contributed by atoms with Crippen molar-refractivity contribution >= 4 is 29.4 Å². The number of carbonyl (C=O) groups excluding carboxylic acids is 3. The highest BCUT2D eigenvalue weighted by Crippen LogP contribution is 2.46. The minimum Gasteiger partial charge on any atom is -0.403 e. The number of nitrogens with two attached hydrogens (primary N) is 1. The van der Waals surface area contributed by atoms with Crippen LogP contribution in [-0.2, 0) is 19.1 Å². The fourth-order valence-corrected chi connectivity index (χ4v) is 5.75. The zero-order valence-electron chi connectivity index (χ0n) is 19.3. The highest BCUT2D eigenvalue weighted by molar-refractivity contribution is 7.99. The number of amides is 2. The predicted molar refractivity (Wildman–Crippen MR) is 123 cm³/mol. The van der Waals surface area contributed by atoms with Gasteiger partial charge in [-0.15, -0.1) is 11.8 Å². The van der Waals surface area contributed by atoms with E-state index in [9.17, 15) is 14.4 Å². The summed E-state index contributed by atoms with van der Waals surface area (Å²) in [5.74, 6) is 0.351. The third-order valence-electron chi connectivity index (χ3n) is 6.04. The van der Waals surface area contributed by atoms with Crippen molar-refractivity contribution in [1.82, 2.24) is 15.5 Å². The van der Waals surface area contributed by atoms with E-state index in [0.717, 1.165) is 12.2 Å². The van der Waals surface area contributed by atoms with Crippen LogP contribution >= 0.6 is 11.8 Å². The molecule has 2 heterocycles. The number of hydrogen-bond acceptors (Lipinski definition) is 9. The molecule has 2 aliphatic heterocycles. The number of ether oxygens (including phenoxy) is 1. The summed E-state index contributed by atoms with van der Waals surface area (Å²) in [6.07, 6.45) is 3.28. The molecule has 0 saturated carbocycles. The molecule has 4 atom stereocenters. The Morgan fingerprint density at radius 1 is 1.47 bits per heavy atom. The van der Waals surface area contributed by atoms with Gasteiger partial charge in [-0.05, 0) is 44.4 Å². The van der Waals surface area contributed by atoms with Gasteiger partial charge in [-0.2, -0.15) is 5.11 Å². The molecule has 2 aliphatic rings. The summed E-state index contributed by atoms with van der Waals surface area (Å²) >= 11 is 1.68. The van der Waals surface area contributed by atoms with Gasteiger partial charge < -0.3 is 26.0 Å². The van der Waals surface area contributed by atoms with E-state index in [2.05, 4.69) is 15.7 Å². The van der Waals surface area contributed by atoms with E-state index in [1.165, 1.54) is 6.20 Å². The molecule has 0 aromatic heterocycles. The van der Waals surface area contributed by atoms with E-state index in [0.29, 0.717) is 25.1 Å². The largest absolute Gasteiger partial charge is 0.403 e. The summed E-state index contributed by atoms with van der Waals surface area (Å²) in [4.78, 5) is 40.8. The van der Waals surface area contributed by atoms with Crippen molar-refractivity contribution < 1.29 is 19.1 Å². The van der Waals surface area contributed by atoms with Gasteiger partial charge >= 0.3 is 0 Å². The molecule has 2 fully saturated rings. The zero-order valence-corrected chi connectivity index (χ0v) is 20.2. The normalized spacial score (nSPS) is 26.2. The third kappa shape index (κ3) is 6.29. The van der Waals surface area contributed by atoms with Crippen LogP contribution < -0.4 is 16.4 Å². The number of rotatable bonds is 11. The summed E-state index contributed by atoms with van der Waals surface area (Å²) < 4.78 is 5.43. The summed E-state index contributed by atoms with van der Waals surface area (Å²) in [6, 6.07) is -1.56. The van der Waals surface area contributed by atoms with Gasteiger partial charge in [0.25, 0.3) is 0 Å². The predicted octanol–water partition coefficient (Wildman–Crippen LogP) is 1.37.